The lowest BCUT2D eigenvalue weighted by molar-refractivity contribution is -0.143. The van der Waals surface area contributed by atoms with Gasteiger partial charge in [-0.2, -0.15) is 0 Å². The summed E-state index contributed by atoms with van der Waals surface area (Å²) in [6.45, 7) is 5.77. The van der Waals surface area contributed by atoms with Gasteiger partial charge in [0.05, 0.1) is 17.7 Å². The first kappa shape index (κ1) is 22.7. The predicted molar refractivity (Wildman–Crippen MR) is 121 cm³/mol. The molecule has 1 unspecified atom stereocenters. The number of benzene rings is 1. The summed E-state index contributed by atoms with van der Waals surface area (Å²) in [5.41, 5.74) is 2.10. The van der Waals surface area contributed by atoms with Gasteiger partial charge in [0.15, 0.2) is 0 Å². The zero-order valence-electron chi connectivity index (χ0n) is 18.3. The van der Waals surface area contributed by atoms with Crippen molar-refractivity contribution in [2.24, 2.45) is 0 Å². The van der Waals surface area contributed by atoms with Crippen LogP contribution in [0.15, 0.2) is 40.4 Å². The molecule has 0 saturated heterocycles. The SMILES string of the molecule is CCCCC1=C(C(=O)OC(C)C)C(c2ccc(SC3CCCCC3)cc2)NC(=O)N1. The number of ether oxygens (including phenoxy) is 1. The first-order valence-corrected chi connectivity index (χ1v) is 12.1. The summed E-state index contributed by atoms with van der Waals surface area (Å²) >= 11 is 1.94. The number of thioether (sulfide) groups is 1. The van der Waals surface area contributed by atoms with E-state index in [0.29, 0.717) is 22.9 Å². The van der Waals surface area contributed by atoms with E-state index in [-0.39, 0.29) is 18.1 Å². The van der Waals surface area contributed by atoms with Crippen molar-refractivity contribution >= 4 is 23.8 Å². The third-order valence-electron chi connectivity index (χ3n) is 5.57. The second-order valence-corrected chi connectivity index (χ2v) is 9.80. The maximum atomic E-state index is 12.9. The van der Waals surface area contributed by atoms with Crippen LogP contribution in [0.25, 0.3) is 0 Å². The largest absolute Gasteiger partial charge is 0.459 e. The number of hydrogen-bond acceptors (Lipinski definition) is 4. The van der Waals surface area contributed by atoms with Crippen LogP contribution in [0, 0.1) is 0 Å². The van der Waals surface area contributed by atoms with Crippen LogP contribution in [0.3, 0.4) is 0 Å². The van der Waals surface area contributed by atoms with E-state index in [1.54, 1.807) is 0 Å². The van der Waals surface area contributed by atoms with Crippen LogP contribution in [0.1, 0.15) is 83.7 Å². The summed E-state index contributed by atoms with van der Waals surface area (Å²) in [4.78, 5) is 26.5. The first-order chi connectivity index (χ1) is 14.5. The fourth-order valence-electron chi connectivity index (χ4n) is 4.05. The van der Waals surface area contributed by atoms with Gasteiger partial charge in [0.2, 0.25) is 0 Å². The zero-order valence-corrected chi connectivity index (χ0v) is 19.1. The van der Waals surface area contributed by atoms with Crippen molar-refractivity contribution < 1.29 is 14.3 Å². The Labute approximate surface area is 184 Å². The molecule has 1 atom stereocenters. The Hall–Kier alpha value is -1.95. The second-order valence-electron chi connectivity index (χ2n) is 8.43. The number of urea groups is 1. The quantitative estimate of drug-likeness (QED) is 0.507. The van der Waals surface area contributed by atoms with Crippen LogP contribution >= 0.6 is 11.8 Å². The lowest BCUT2D eigenvalue weighted by Gasteiger charge is -2.30. The molecule has 30 heavy (non-hydrogen) atoms. The number of nitrogens with one attached hydrogen (secondary N) is 2. The minimum Gasteiger partial charge on any atom is -0.459 e. The number of rotatable bonds is 8. The number of hydrogen-bond donors (Lipinski definition) is 2. The molecule has 0 spiro atoms. The van der Waals surface area contributed by atoms with Crippen molar-refractivity contribution in [2.75, 3.05) is 0 Å². The fraction of sp³-hybridized carbons (Fsp3) is 0.583. The maximum absolute atomic E-state index is 12.9. The normalized spacial score (nSPS) is 20.1. The number of carbonyl (C=O) groups excluding carboxylic acids is 2. The van der Waals surface area contributed by atoms with Gasteiger partial charge in [-0.1, -0.05) is 44.7 Å². The lowest BCUT2D eigenvalue weighted by Crippen LogP contribution is -2.46. The summed E-state index contributed by atoms with van der Waals surface area (Å²) in [6, 6.07) is 7.52. The molecule has 0 bridgehead atoms. The van der Waals surface area contributed by atoms with E-state index in [2.05, 4.69) is 29.7 Å². The van der Waals surface area contributed by atoms with Crippen LogP contribution in [0.5, 0.6) is 0 Å². The molecule has 1 fully saturated rings. The highest BCUT2D eigenvalue weighted by molar-refractivity contribution is 8.00. The predicted octanol–water partition coefficient (Wildman–Crippen LogP) is 5.86. The molecule has 0 radical (unpaired) electrons. The van der Waals surface area contributed by atoms with Gasteiger partial charge in [-0.25, -0.2) is 9.59 Å². The van der Waals surface area contributed by atoms with Gasteiger partial charge in [-0.3, -0.25) is 0 Å². The third-order valence-corrected chi connectivity index (χ3v) is 6.91. The van der Waals surface area contributed by atoms with Gasteiger partial charge < -0.3 is 15.4 Å². The van der Waals surface area contributed by atoms with Gasteiger partial charge in [-0.05, 0) is 57.2 Å². The number of allylic oxidation sites excluding steroid dienone is 1. The first-order valence-electron chi connectivity index (χ1n) is 11.3. The van der Waals surface area contributed by atoms with Crippen LogP contribution in [0.4, 0.5) is 4.79 Å². The fourth-order valence-corrected chi connectivity index (χ4v) is 5.30. The number of esters is 1. The molecule has 1 aliphatic heterocycles. The van der Waals surface area contributed by atoms with Crippen molar-refractivity contribution in [3.05, 3.63) is 41.1 Å². The van der Waals surface area contributed by atoms with Crippen LogP contribution in [-0.2, 0) is 9.53 Å². The lowest BCUT2D eigenvalue weighted by atomic mass is 9.93. The molecule has 0 aromatic heterocycles. The smallest absolute Gasteiger partial charge is 0.338 e. The Balaban J connectivity index is 1.84. The highest BCUT2D eigenvalue weighted by Crippen LogP contribution is 2.35. The molecule has 164 valence electrons. The minimum absolute atomic E-state index is 0.218. The molecule has 1 aliphatic carbocycles. The van der Waals surface area contributed by atoms with Crippen molar-refractivity contribution in [1.82, 2.24) is 10.6 Å². The van der Waals surface area contributed by atoms with E-state index in [0.717, 1.165) is 18.4 Å². The Morgan fingerprint density at radius 1 is 1.17 bits per heavy atom. The monoisotopic (exact) mass is 430 g/mol. The highest BCUT2D eigenvalue weighted by atomic mass is 32.2. The summed E-state index contributed by atoms with van der Waals surface area (Å²) in [5.74, 6) is -0.366. The van der Waals surface area contributed by atoms with Crippen molar-refractivity contribution in [2.45, 2.75) is 94.4 Å². The minimum atomic E-state index is -0.495. The van der Waals surface area contributed by atoms with Gasteiger partial charge in [-0.15, -0.1) is 11.8 Å². The number of unbranched alkanes of at least 4 members (excludes halogenated alkanes) is 1. The summed E-state index contributed by atoms with van der Waals surface area (Å²) in [6.07, 6.45) is 8.88. The number of amides is 2. The highest BCUT2D eigenvalue weighted by Gasteiger charge is 2.33. The maximum Gasteiger partial charge on any atom is 0.338 e. The van der Waals surface area contributed by atoms with Gasteiger partial charge in [0.1, 0.15) is 0 Å². The molecule has 1 aromatic rings. The van der Waals surface area contributed by atoms with E-state index in [9.17, 15) is 9.59 Å². The summed E-state index contributed by atoms with van der Waals surface area (Å²) in [7, 11) is 0. The molecule has 3 rings (SSSR count). The molecule has 5 nitrogen and oxygen atoms in total. The topological polar surface area (TPSA) is 67.4 Å². The molecule has 2 aliphatic rings. The zero-order chi connectivity index (χ0) is 21.5. The molecule has 1 saturated carbocycles. The van der Waals surface area contributed by atoms with Crippen LogP contribution in [-0.4, -0.2) is 23.4 Å². The molecule has 1 heterocycles. The van der Waals surface area contributed by atoms with Crippen LogP contribution < -0.4 is 10.6 Å². The van der Waals surface area contributed by atoms with E-state index < -0.39 is 6.04 Å². The van der Waals surface area contributed by atoms with Gasteiger partial charge in [0, 0.05) is 15.8 Å². The molecule has 2 N–H and O–H groups in total. The molecular formula is C24H34N2O3S. The van der Waals surface area contributed by atoms with Gasteiger partial charge >= 0.3 is 12.0 Å². The summed E-state index contributed by atoms with van der Waals surface area (Å²) in [5, 5.41) is 6.47. The Kier molecular flexibility index (Phi) is 8.25. The van der Waals surface area contributed by atoms with Gasteiger partial charge in [0.25, 0.3) is 0 Å². The molecular weight excluding hydrogens is 396 g/mol. The van der Waals surface area contributed by atoms with Crippen LogP contribution in [0.2, 0.25) is 0 Å². The molecule has 1 aromatic carbocycles. The third kappa shape index (κ3) is 6.03. The standard InChI is InChI=1S/C24H34N2O3S/c1-4-5-11-20-21(23(27)29-16(2)3)22(26-24(28)25-20)17-12-14-19(15-13-17)30-18-9-7-6-8-10-18/h12-16,18,22H,4-11H2,1-3H3,(H2,25,26,28). The average molecular weight is 431 g/mol. The Bertz CT molecular complexity index is 767. The Morgan fingerprint density at radius 2 is 1.87 bits per heavy atom. The van der Waals surface area contributed by atoms with E-state index in [1.807, 2.05) is 37.7 Å². The second kappa shape index (κ2) is 10.9. The van der Waals surface area contributed by atoms with Crippen molar-refractivity contribution in [1.29, 1.82) is 0 Å². The molecule has 6 heteroatoms. The van der Waals surface area contributed by atoms with E-state index in [1.165, 1.54) is 37.0 Å². The number of carbonyl (C=O) groups is 2. The molecule has 2 amide bonds. The van der Waals surface area contributed by atoms with E-state index >= 15 is 0 Å². The van der Waals surface area contributed by atoms with Crippen molar-refractivity contribution in [3.63, 3.8) is 0 Å². The van der Waals surface area contributed by atoms with E-state index in [4.69, 9.17) is 4.74 Å². The average Bonchev–Trinajstić information content (AvgIpc) is 2.72. The summed E-state index contributed by atoms with van der Waals surface area (Å²) < 4.78 is 5.52. The van der Waals surface area contributed by atoms with Crippen molar-refractivity contribution in [3.8, 4) is 0 Å². The Morgan fingerprint density at radius 3 is 2.50 bits per heavy atom.